The third-order valence-corrected chi connectivity index (χ3v) is 3.13. The van der Waals surface area contributed by atoms with Gasteiger partial charge in [-0.05, 0) is 24.6 Å². The fourth-order valence-corrected chi connectivity index (χ4v) is 1.66. The third-order valence-electron chi connectivity index (χ3n) is 3.13. The Labute approximate surface area is 129 Å². The monoisotopic (exact) mass is 306 g/mol. The number of rotatable bonds is 5. The maximum absolute atomic E-state index is 11.8. The van der Waals surface area contributed by atoms with Gasteiger partial charge in [-0.1, -0.05) is 32.9 Å². The van der Waals surface area contributed by atoms with Gasteiger partial charge in [-0.2, -0.15) is 0 Å². The normalized spacial score (nSPS) is 12.4. The van der Waals surface area contributed by atoms with Crippen LogP contribution in [0.25, 0.3) is 0 Å². The van der Waals surface area contributed by atoms with E-state index in [4.69, 9.17) is 5.11 Å². The van der Waals surface area contributed by atoms with Crippen molar-refractivity contribution >= 4 is 23.5 Å². The van der Waals surface area contributed by atoms with Gasteiger partial charge in [-0.25, -0.2) is 0 Å². The Morgan fingerprint density at radius 2 is 1.86 bits per heavy atom. The molecule has 0 aliphatic rings. The summed E-state index contributed by atoms with van der Waals surface area (Å²) in [6.45, 7) is 6.73. The quantitative estimate of drug-likeness (QED) is 0.775. The topological polar surface area (TPSA) is 95.5 Å². The Hall–Kier alpha value is -2.37. The Kier molecular flexibility index (Phi) is 5.68. The lowest BCUT2D eigenvalue weighted by atomic mass is 9.96. The zero-order chi connectivity index (χ0) is 16.9. The summed E-state index contributed by atoms with van der Waals surface area (Å²) in [6.07, 6.45) is 0. The lowest BCUT2D eigenvalue weighted by molar-refractivity contribution is -0.138. The average molecular weight is 306 g/mol. The van der Waals surface area contributed by atoms with E-state index in [-0.39, 0.29) is 18.4 Å². The van der Waals surface area contributed by atoms with Gasteiger partial charge < -0.3 is 15.7 Å². The van der Waals surface area contributed by atoms with E-state index >= 15 is 0 Å². The molecule has 0 aromatic heterocycles. The van der Waals surface area contributed by atoms with Crippen LogP contribution in [-0.2, 0) is 14.4 Å². The molecule has 1 unspecified atom stereocenters. The molecule has 0 bridgehead atoms. The van der Waals surface area contributed by atoms with Crippen molar-refractivity contribution in [2.24, 2.45) is 5.41 Å². The van der Waals surface area contributed by atoms with Crippen LogP contribution in [0.15, 0.2) is 24.3 Å². The number of nitrogens with one attached hydrogen (secondary N) is 2. The van der Waals surface area contributed by atoms with E-state index in [1.54, 1.807) is 52.0 Å². The summed E-state index contributed by atoms with van der Waals surface area (Å²) < 4.78 is 0. The second-order valence-corrected chi connectivity index (χ2v) is 6.17. The third kappa shape index (κ3) is 5.20. The van der Waals surface area contributed by atoms with Gasteiger partial charge in [0.15, 0.2) is 0 Å². The molecule has 0 aliphatic carbocycles. The number of anilines is 1. The Balaban J connectivity index is 2.64. The molecule has 0 fully saturated rings. The lowest BCUT2D eigenvalue weighted by Gasteiger charge is -2.17. The fourth-order valence-electron chi connectivity index (χ4n) is 1.66. The van der Waals surface area contributed by atoms with Crippen molar-refractivity contribution in [3.63, 3.8) is 0 Å². The van der Waals surface area contributed by atoms with Gasteiger partial charge in [0, 0.05) is 11.1 Å². The molecule has 1 aromatic rings. The minimum atomic E-state index is -0.930. The SMILES string of the molecule is CC(C(=O)O)c1cccc(NC(=O)CNC(=O)C(C)(C)C)c1. The van der Waals surface area contributed by atoms with Gasteiger partial charge in [0.05, 0.1) is 12.5 Å². The number of hydrogen-bond acceptors (Lipinski definition) is 3. The van der Waals surface area contributed by atoms with Crippen LogP contribution >= 0.6 is 0 Å². The Bertz CT molecular complexity index is 576. The smallest absolute Gasteiger partial charge is 0.310 e. The highest BCUT2D eigenvalue weighted by Gasteiger charge is 2.21. The first-order valence-electron chi connectivity index (χ1n) is 7.02. The molecule has 0 spiro atoms. The molecule has 3 N–H and O–H groups in total. The van der Waals surface area contributed by atoms with Crippen LogP contribution in [0, 0.1) is 5.41 Å². The number of aliphatic carboxylic acids is 1. The number of amides is 2. The number of benzene rings is 1. The molecule has 22 heavy (non-hydrogen) atoms. The molecular formula is C16H22N2O4. The van der Waals surface area contributed by atoms with Crippen LogP contribution in [-0.4, -0.2) is 29.4 Å². The van der Waals surface area contributed by atoms with Crippen molar-refractivity contribution in [3.8, 4) is 0 Å². The minimum absolute atomic E-state index is 0.130. The molecule has 6 heteroatoms. The highest BCUT2D eigenvalue weighted by atomic mass is 16.4. The summed E-state index contributed by atoms with van der Waals surface area (Å²) >= 11 is 0. The second kappa shape index (κ2) is 7.06. The number of carboxylic acid groups (broad SMARTS) is 1. The minimum Gasteiger partial charge on any atom is -0.481 e. The summed E-state index contributed by atoms with van der Waals surface area (Å²) in [5.41, 5.74) is 0.543. The standard InChI is InChI=1S/C16H22N2O4/c1-10(14(20)21)11-6-5-7-12(8-11)18-13(19)9-17-15(22)16(2,3)4/h5-8,10H,9H2,1-4H3,(H,17,22)(H,18,19)(H,20,21). The fraction of sp³-hybridized carbons (Fsp3) is 0.438. The van der Waals surface area contributed by atoms with Crippen molar-refractivity contribution in [3.05, 3.63) is 29.8 Å². The average Bonchev–Trinajstić information content (AvgIpc) is 2.43. The first kappa shape index (κ1) is 17.7. The van der Waals surface area contributed by atoms with E-state index in [1.807, 2.05) is 0 Å². The zero-order valence-electron chi connectivity index (χ0n) is 13.3. The summed E-state index contributed by atoms with van der Waals surface area (Å²) in [4.78, 5) is 34.5. The van der Waals surface area contributed by atoms with Crippen LogP contribution in [0.2, 0.25) is 0 Å². The largest absolute Gasteiger partial charge is 0.481 e. The summed E-state index contributed by atoms with van der Waals surface area (Å²) in [5, 5.41) is 14.2. The molecule has 1 atom stereocenters. The van der Waals surface area contributed by atoms with Crippen molar-refractivity contribution in [2.75, 3.05) is 11.9 Å². The Morgan fingerprint density at radius 3 is 2.41 bits per heavy atom. The molecule has 0 radical (unpaired) electrons. The summed E-state index contributed by atoms with van der Waals surface area (Å²) in [7, 11) is 0. The molecule has 1 aromatic carbocycles. The van der Waals surface area contributed by atoms with Crippen molar-refractivity contribution in [1.82, 2.24) is 5.32 Å². The van der Waals surface area contributed by atoms with Crippen molar-refractivity contribution in [2.45, 2.75) is 33.6 Å². The summed E-state index contributed by atoms with van der Waals surface area (Å²) in [5.74, 6) is -2.16. The Morgan fingerprint density at radius 1 is 1.23 bits per heavy atom. The van der Waals surface area contributed by atoms with Crippen LogP contribution in [0.4, 0.5) is 5.69 Å². The van der Waals surface area contributed by atoms with E-state index in [1.165, 1.54) is 0 Å². The molecule has 0 aliphatic heterocycles. The first-order chi connectivity index (χ1) is 10.1. The van der Waals surface area contributed by atoms with Crippen molar-refractivity contribution < 1.29 is 19.5 Å². The van der Waals surface area contributed by atoms with Crippen LogP contribution in [0.3, 0.4) is 0 Å². The molecule has 0 saturated heterocycles. The van der Waals surface area contributed by atoms with Crippen molar-refractivity contribution in [1.29, 1.82) is 0 Å². The van der Waals surface area contributed by atoms with Gasteiger partial charge >= 0.3 is 5.97 Å². The molecule has 2 amide bonds. The van der Waals surface area contributed by atoms with Crippen LogP contribution < -0.4 is 10.6 Å². The maximum atomic E-state index is 11.8. The number of carboxylic acids is 1. The predicted molar refractivity (Wildman–Crippen MR) is 83.6 cm³/mol. The van der Waals surface area contributed by atoms with Crippen LogP contribution in [0.1, 0.15) is 39.2 Å². The second-order valence-electron chi connectivity index (χ2n) is 6.17. The number of carbonyl (C=O) groups is 3. The van der Waals surface area contributed by atoms with Gasteiger partial charge in [-0.15, -0.1) is 0 Å². The number of hydrogen-bond donors (Lipinski definition) is 3. The van der Waals surface area contributed by atoms with Gasteiger partial charge in [0.1, 0.15) is 0 Å². The lowest BCUT2D eigenvalue weighted by Crippen LogP contribution is -2.39. The van der Waals surface area contributed by atoms with Gasteiger partial charge in [0.2, 0.25) is 11.8 Å². The molecule has 6 nitrogen and oxygen atoms in total. The zero-order valence-corrected chi connectivity index (χ0v) is 13.3. The maximum Gasteiger partial charge on any atom is 0.310 e. The van der Waals surface area contributed by atoms with Gasteiger partial charge in [-0.3, -0.25) is 14.4 Å². The first-order valence-corrected chi connectivity index (χ1v) is 7.02. The highest BCUT2D eigenvalue weighted by molar-refractivity contribution is 5.95. The van der Waals surface area contributed by atoms with E-state index < -0.39 is 17.3 Å². The van der Waals surface area contributed by atoms with Crippen LogP contribution in [0.5, 0.6) is 0 Å². The highest BCUT2D eigenvalue weighted by Crippen LogP contribution is 2.19. The van der Waals surface area contributed by atoms with E-state index in [0.717, 1.165) is 0 Å². The molecular weight excluding hydrogens is 284 g/mol. The van der Waals surface area contributed by atoms with Gasteiger partial charge in [0.25, 0.3) is 0 Å². The van der Waals surface area contributed by atoms with E-state index in [9.17, 15) is 14.4 Å². The molecule has 120 valence electrons. The number of carbonyl (C=O) groups excluding carboxylic acids is 2. The van der Waals surface area contributed by atoms with E-state index in [0.29, 0.717) is 11.3 Å². The molecule has 0 saturated carbocycles. The predicted octanol–water partition coefficient (Wildman–Crippen LogP) is 1.98. The summed E-state index contributed by atoms with van der Waals surface area (Å²) in [6, 6.07) is 6.65. The molecule has 0 heterocycles. The molecule has 1 rings (SSSR count). The van der Waals surface area contributed by atoms with E-state index in [2.05, 4.69) is 10.6 Å².